The fourth-order valence-electron chi connectivity index (χ4n) is 3.22. The van der Waals surface area contributed by atoms with E-state index in [4.69, 9.17) is 9.26 Å². The van der Waals surface area contributed by atoms with Gasteiger partial charge in [-0.1, -0.05) is 35.5 Å². The zero-order valence-corrected chi connectivity index (χ0v) is 14.5. The van der Waals surface area contributed by atoms with Crippen molar-refractivity contribution in [1.29, 1.82) is 0 Å². The lowest BCUT2D eigenvalue weighted by Crippen LogP contribution is -2.31. The number of amides is 1. The maximum Gasteiger partial charge on any atom is 0.258 e. The summed E-state index contributed by atoms with van der Waals surface area (Å²) in [4.78, 5) is 19.3. The van der Waals surface area contributed by atoms with Crippen LogP contribution in [0.3, 0.4) is 0 Å². The number of nitrogens with zero attached hydrogens (tertiary/aromatic N) is 3. The molecule has 0 N–H and O–H groups in total. The molecular formula is C20H19N3O3. The molecule has 1 aromatic heterocycles. The van der Waals surface area contributed by atoms with Crippen LogP contribution in [-0.4, -0.2) is 27.5 Å². The molecule has 1 aliphatic heterocycles. The Morgan fingerprint density at radius 2 is 1.92 bits per heavy atom. The first kappa shape index (κ1) is 16.3. The molecular weight excluding hydrogens is 330 g/mol. The summed E-state index contributed by atoms with van der Waals surface area (Å²) in [6.45, 7) is 2.43. The predicted molar refractivity (Wildman–Crippen MR) is 95.0 cm³/mol. The topological polar surface area (TPSA) is 68.5 Å². The van der Waals surface area contributed by atoms with Crippen LogP contribution in [0.2, 0.25) is 0 Å². The molecule has 1 amide bonds. The van der Waals surface area contributed by atoms with Crippen molar-refractivity contribution in [2.45, 2.75) is 25.8 Å². The number of aryl methyl sites for hydroxylation is 1. The van der Waals surface area contributed by atoms with Crippen LogP contribution in [0.4, 0.5) is 0 Å². The summed E-state index contributed by atoms with van der Waals surface area (Å²) < 4.78 is 11.2. The van der Waals surface area contributed by atoms with Gasteiger partial charge in [0.05, 0.1) is 5.56 Å². The van der Waals surface area contributed by atoms with Gasteiger partial charge in [0.25, 0.3) is 5.91 Å². The molecule has 1 fully saturated rings. The molecule has 1 atom stereocenters. The Morgan fingerprint density at radius 3 is 2.69 bits per heavy atom. The maximum absolute atomic E-state index is 13.2. The quantitative estimate of drug-likeness (QED) is 0.708. The smallest absolute Gasteiger partial charge is 0.258 e. The van der Waals surface area contributed by atoms with E-state index in [1.165, 1.54) is 0 Å². The van der Waals surface area contributed by atoms with Crippen molar-refractivity contribution in [2.24, 2.45) is 0 Å². The van der Waals surface area contributed by atoms with E-state index in [2.05, 4.69) is 10.1 Å². The minimum Gasteiger partial charge on any atom is -0.457 e. The third kappa shape index (κ3) is 3.18. The van der Waals surface area contributed by atoms with Gasteiger partial charge in [0.2, 0.25) is 5.89 Å². The molecule has 6 nitrogen and oxygen atoms in total. The molecule has 0 radical (unpaired) electrons. The average Bonchev–Trinajstić information content (AvgIpc) is 3.31. The van der Waals surface area contributed by atoms with E-state index in [0.717, 1.165) is 12.8 Å². The second-order valence-electron chi connectivity index (χ2n) is 6.25. The van der Waals surface area contributed by atoms with Crippen molar-refractivity contribution in [3.8, 4) is 11.5 Å². The summed E-state index contributed by atoms with van der Waals surface area (Å²) in [6, 6.07) is 16.5. The van der Waals surface area contributed by atoms with Crippen molar-refractivity contribution >= 4 is 5.91 Å². The number of hydrogen-bond donors (Lipinski definition) is 0. The maximum atomic E-state index is 13.2. The first-order valence-corrected chi connectivity index (χ1v) is 8.65. The highest BCUT2D eigenvalue weighted by atomic mass is 16.5. The molecule has 4 rings (SSSR count). The second kappa shape index (κ2) is 7.00. The van der Waals surface area contributed by atoms with Crippen molar-refractivity contribution in [2.75, 3.05) is 6.54 Å². The molecule has 0 spiro atoms. The first-order chi connectivity index (χ1) is 12.7. The van der Waals surface area contributed by atoms with Gasteiger partial charge in [-0.2, -0.15) is 4.98 Å². The van der Waals surface area contributed by atoms with E-state index < -0.39 is 0 Å². The standard InChI is InChI=1S/C20H19N3O3/c1-14-21-19(26-22-14)17-11-7-13-23(17)20(24)16-10-5-6-12-18(16)25-15-8-3-2-4-9-15/h2-6,8-10,12,17H,7,11,13H2,1H3. The zero-order valence-electron chi connectivity index (χ0n) is 14.5. The van der Waals surface area contributed by atoms with Gasteiger partial charge in [0.15, 0.2) is 5.82 Å². The van der Waals surface area contributed by atoms with Crippen LogP contribution in [0.5, 0.6) is 11.5 Å². The average molecular weight is 349 g/mol. The highest BCUT2D eigenvalue weighted by Gasteiger charge is 2.35. The Morgan fingerprint density at radius 1 is 1.15 bits per heavy atom. The number of para-hydroxylation sites is 2. The Balaban J connectivity index is 1.62. The number of benzene rings is 2. The number of aromatic nitrogens is 2. The summed E-state index contributed by atoms with van der Waals surface area (Å²) in [5.41, 5.74) is 0.527. The molecule has 2 aromatic carbocycles. The Kier molecular flexibility index (Phi) is 4.39. The van der Waals surface area contributed by atoms with Gasteiger partial charge in [0.1, 0.15) is 17.5 Å². The molecule has 0 bridgehead atoms. The van der Waals surface area contributed by atoms with Crippen LogP contribution in [0, 0.1) is 6.92 Å². The molecule has 132 valence electrons. The fourth-order valence-corrected chi connectivity index (χ4v) is 3.22. The highest BCUT2D eigenvalue weighted by molar-refractivity contribution is 5.97. The molecule has 1 aliphatic rings. The van der Waals surface area contributed by atoms with E-state index in [9.17, 15) is 4.79 Å². The summed E-state index contributed by atoms with van der Waals surface area (Å²) in [7, 11) is 0. The first-order valence-electron chi connectivity index (χ1n) is 8.65. The summed E-state index contributed by atoms with van der Waals surface area (Å²) >= 11 is 0. The van der Waals surface area contributed by atoms with Gasteiger partial charge < -0.3 is 14.2 Å². The number of carbonyl (C=O) groups is 1. The minimum atomic E-state index is -0.187. The van der Waals surface area contributed by atoms with E-state index in [1.807, 2.05) is 48.5 Å². The monoisotopic (exact) mass is 349 g/mol. The van der Waals surface area contributed by atoms with Gasteiger partial charge >= 0.3 is 0 Å². The van der Waals surface area contributed by atoms with E-state index >= 15 is 0 Å². The third-order valence-electron chi connectivity index (χ3n) is 4.43. The lowest BCUT2D eigenvalue weighted by Gasteiger charge is -2.23. The largest absolute Gasteiger partial charge is 0.457 e. The van der Waals surface area contributed by atoms with Gasteiger partial charge in [-0.3, -0.25) is 4.79 Å². The van der Waals surface area contributed by atoms with Crippen LogP contribution >= 0.6 is 0 Å². The fraction of sp³-hybridized carbons (Fsp3) is 0.250. The lowest BCUT2D eigenvalue weighted by atomic mass is 10.1. The van der Waals surface area contributed by atoms with Crippen molar-refractivity contribution in [1.82, 2.24) is 15.0 Å². The summed E-state index contributed by atoms with van der Waals surface area (Å²) in [5, 5.41) is 3.85. The van der Waals surface area contributed by atoms with Gasteiger partial charge in [-0.05, 0) is 44.0 Å². The predicted octanol–water partition coefficient (Wildman–Crippen LogP) is 4.15. The third-order valence-corrected chi connectivity index (χ3v) is 4.43. The van der Waals surface area contributed by atoms with Crippen LogP contribution in [-0.2, 0) is 0 Å². The van der Waals surface area contributed by atoms with E-state index in [1.54, 1.807) is 17.9 Å². The molecule has 6 heteroatoms. The molecule has 0 aliphatic carbocycles. The van der Waals surface area contributed by atoms with Crippen LogP contribution in [0.1, 0.15) is 41.0 Å². The van der Waals surface area contributed by atoms with E-state index in [0.29, 0.717) is 35.3 Å². The molecule has 3 aromatic rings. The summed E-state index contributed by atoms with van der Waals surface area (Å²) in [5.74, 6) is 2.21. The number of ether oxygens (including phenoxy) is 1. The zero-order chi connectivity index (χ0) is 17.9. The van der Waals surface area contributed by atoms with Gasteiger partial charge in [0, 0.05) is 6.54 Å². The van der Waals surface area contributed by atoms with Crippen molar-refractivity contribution in [3.63, 3.8) is 0 Å². The van der Waals surface area contributed by atoms with Crippen LogP contribution < -0.4 is 4.74 Å². The SMILES string of the molecule is Cc1noc(C2CCCN2C(=O)c2ccccc2Oc2ccccc2)n1. The minimum absolute atomic E-state index is 0.0881. The lowest BCUT2D eigenvalue weighted by molar-refractivity contribution is 0.0707. The van der Waals surface area contributed by atoms with Crippen LogP contribution in [0.25, 0.3) is 0 Å². The molecule has 2 heterocycles. The van der Waals surface area contributed by atoms with E-state index in [-0.39, 0.29) is 11.9 Å². The second-order valence-corrected chi connectivity index (χ2v) is 6.25. The number of rotatable bonds is 4. The number of carbonyl (C=O) groups excluding carboxylic acids is 1. The van der Waals surface area contributed by atoms with Crippen LogP contribution in [0.15, 0.2) is 59.1 Å². The van der Waals surface area contributed by atoms with Crippen molar-refractivity contribution < 1.29 is 14.1 Å². The van der Waals surface area contributed by atoms with Gasteiger partial charge in [-0.25, -0.2) is 0 Å². The molecule has 1 saturated heterocycles. The molecule has 1 unspecified atom stereocenters. The van der Waals surface area contributed by atoms with Gasteiger partial charge in [-0.15, -0.1) is 0 Å². The Labute approximate surface area is 151 Å². The number of hydrogen-bond acceptors (Lipinski definition) is 5. The Bertz CT molecular complexity index is 907. The summed E-state index contributed by atoms with van der Waals surface area (Å²) in [6.07, 6.45) is 1.72. The molecule has 26 heavy (non-hydrogen) atoms. The molecule has 0 saturated carbocycles. The normalized spacial score (nSPS) is 16.7. The Hall–Kier alpha value is -3.15. The number of likely N-dealkylation sites (tertiary alicyclic amines) is 1. The van der Waals surface area contributed by atoms with Crippen molar-refractivity contribution in [3.05, 3.63) is 71.9 Å². The highest BCUT2D eigenvalue weighted by Crippen LogP contribution is 2.34.